The SMILES string of the molecule is CC1=CC(=O)C(C(=O)CCc2cccc(O)c2)C(=O)O1. The molecule has 5 nitrogen and oxygen atoms in total. The van der Waals surface area contributed by atoms with E-state index >= 15 is 0 Å². The fourth-order valence-corrected chi connectivity index (χ4v) is 2.06. The third-order valence-corrected chi connectivity index (χ3v) is 3.02. The third-order valence-electron chi connectivity index (χ3n) is 3.02. The molecule has 0 aromatic heterocycles. The molecule has 0 aliphatic carbocycles. The van der Waals surface area contributed by atoms with E-state index < -0.39 is 23.5 Å². The van der Waals surface area contributed by atoms with E-state index in [1.54, 1.807) is 18.2 Å². The lowest BCUT2D eigenvalue weighted by Crippen LogP contribution is -2.35. The molecule has 1 aliphatic heterocycles. The minimum Gasteiger partial charge on any atom is -0.508 e. The van der Waals surface area contributed by atoms with Crippen LogP contribution in [0.2, 0.25) is 0 Å². The first-order valence-electron chi connectivity index (χ1n) is 6.22. The summed E-state index contributed by atoms with van der Waals surface area (Å²) < 4.78 is 4.80. The molecule has 2 rings (SSSR count). The Morgan fingerprint density at radius 3 is 2.75 bits per heavy atom. The number of ketones is 2. The van der Waals surface area contributed by atoms with Gasteiger partial charge in [0.2, 0.25) is 0 Å². The number of aryl methyl sites for hydroxylation is 1. The van der Waals surface area contributed by atoms with Crippen molar-refractivity contribution in [1.29, 1.82) is 0 Å². The molecule has 5 heteroatoms. The van der Waals surface area contributed by atoms with Crippen LogP contribution < -0.4 is 0 Å². The Morgan fingerprint density at radius 1 is 1.35 bits per heavy atom. The molecule has 1 atom stereocenters. The van der Waals surface area contributed by atoms with Crippen LogP contribution in [0.3, 0.4) is 0 Å². The van der Waals surface area contributed by atoms with Crippen LogP contribution >= 0.6 is 0 Å². The molecule has 1 N–H and O–H groups in total. The van der Waals surface area contributed by atoms with E-state index in [-0.39, 0.29) is 17.9 Å². The van der Waals surface area contributed by atoms with Crippen LogP contribution in [0, 0.1) is 5.92 Å². The van der Waals surface area contributed by atoms with E-state index in [0.717, 1.165) is 11.6 Å². The summed E-state index contributed by atoms with van der Waals surface area (Å²) in [6.07, 6.45) is 1.56. The van der Waals surface area contributed by atoms with Gasteiger partial charge in [-0.05, 0) is 31.0 Å². The number of carbonyl (C=O) groups is 3. The number of allylic oxidation sites excluding steroid dienone is 2. The fraction of sp³-hybridized carbons (Fsp3) is 0.267. The number of ether oxygens (including phenoxy) is 1. The number of phenolic OH excluding ortho intramolecular Hbond substituents is 1. The molecule has 0 bridgehead atoms. The van der Waals surface area contributed by atoms with Crippen molar-refractivity contribution in [2.45, 2.75) is 19.8 Å². The molecule has 1 aromatic carbocycles. The van der Waals surface area contributed by atoms with Crippen LogP contribution in [-0.2, 0) is 25.5 Å². The maximum atomic E-state index is 12.0. The van der Waals surface area contributed by atoms with Gasteiger partial charge in [0.15, 0.2) is 17.5 Å². The Kier molecular flexibility index (Phi) is 3.98. The minimum absolute atomic E-state index is 0.0435. The van der Waals surface area contributed by atoms with E-state index in [9.17, 15) is 19.5 Å². The monoisotopic (exact) mass is 274 g/mol. The van der Waals surface area contributed by atoms with Crippen LogP contribution in [0.4, 0.5) is 0 Å². The number of Topliss-reactive ketones (excluding diaryl/α,β-unsaturated/α-hetero) is 1. The molecule has 0 amide bonds. The Morgan fingerprint density at radius 2 is 2.10 bits per heavy atom. The summed E-state index contributed by atoms with van der Waals surface area (Å²) in [5.41, 5.74) is 0.765. The van der Waals surface area contributed by atoms with Crippen molar-refractivity contribution in [3.8, 4) is 5.75 Å². The van der Waals surface area contributed by atoms with Gasteiger partial charge in [-0.2, -0.15) is 0 Å². The van der Waals surface area contributed by atoms with Crippen molar-refractivity contribution < 1.29 is 24.2 Å². The van der Waals surface area contributed by atoms with E-state index in [0.29, 0.717) is 6.42 Å². The predicted octanol–water partition coefficient (Wildman–Crippen LogP) is 1.54. The first kappa shape index (κ1) is 14.0. The summed E-state index contributed by atoms with van der Waals surface area (Å²) in [7, 11) is 0. The summed E-state index contributed by atoms with van der Waals surface area (Å²) in [6, 6.07) is 6.50. The highest BCUT2D eigenvalue weighted by molar-refractivity contribution is 6.22. The second kappa shape index (κ2) is 5.69. The zero-order chi connectivity index (χ0) is 14.7. The molecular formula is C15H14O5. The first-order chi connectivity index (χ1) is 9.47. The van der Waals surface area contributed by atoms with Crippen molar-refractivity contribution >= 4 is 17.5 Å². The highest BCUT2D eigenvalue weighted by Crippen LogP contribution is 2.19. The van der Waals surface area contributed by atoms with Gasteiger partial charge >= 0.3 is 5.97 Å². The van der Waals surface area contributed by atoms with Gasteiger partial charge in [0.05, 0.1) is 0 Å². The van der Waals surface area contributed by atoms with Gasteiger partial charge in [0, 0.05) is 12.5 Å². The first-order valence-corrected chi connectivity index (χ1v) is 6.22. The lowest BCUT2D eigenvalue weighted by Gasteiger charge is -2.17. The molecule has 1 aromatic rings. The zero-order valence-electron chi connectivity index (χ0n) is 11.0. The smallest absolute Gasteiger partial charge is 0.329 e. The molecule has 1 aliphatic rings. The molecule has 0 saturated carbocycles. The third kappa shape index (κ3) is 3.12. The van der Waals surface area contributed by atoms with Crippen LogP contribution in [-0.4, -0.2) is 22.6 Å². The Bertz CT molecular complexity index is 600. The number of benzene rings is 1. The second-order valence-electron chi connectivity index (χ2n) is 4.65. The van der Waals surface area contributed by atoms with Crippen LogP contribution in [0.15, 0.2) is 36.1 Å². The van der Waals surface area contributed by atoms with Gasteiger partial charge < -0.3 is 9.84 Å². The molecule has 1 unspecified atom stereocenters. The van der Waals surface area contributed by atoms with Gasteiger partial charge in [0.1, 0.15) is 11.5 Å². The molecular weight excluding hydrogens is 260 g/mol. The van der Waals surface area contributed by atoms with E-state index in [1.807, 2.05) is 0 Å². The maximum absolute atomic E-state index is 12.0. The number of hydrogen-bond acceptors (Lipinski definition) is 5. The van der Waals surface area contributed by atoms with Crippen molar-refractivity contribution in [2.24, 2.45) is 5.92 Å². The van der Waals surface area contributed by atoms with Crippen LogP contribution in [0.1, 0.15) is 18.9 Å². The number of hydrogen-bond donors (Lipinski definition) is 1. The molecule has 104 valence electrons. The number of esters is 1. The number of carbonyl (C=O) groups excluding carboxylic acids is 3. The Hall–Kier alpha value is -2.43. The molecule has 0 radical (unpaired) electrons. The minimum atomic E-state index is -1.35. The van der Waals surface area contributed by atoms with E-state index in [1.165, 1.54) is 13.0 Å². The molecule has 20 heavy (non-hydrogen) atoms. The van der Waals surface area contributed by atoms with Gasteiger partial charge in [-0.15, -0.1) is 0 Å². The molecule has 1 heterocycles. The lowest BCUT2D eigenvalue weighted by molar-refractivity contribution is -0.152. The second-order valence-corrected chi connectivity index (χ2v) is 4.65. The lowest BCUT2D eigenvalue weighted by atomic mass is 9.92. The summed E-state index contributed by atoms with van der Waals surface area (Å²) in [6.45, 7) is 1.49. The normalized spacial score (nSPS) is 18.4. The van der Waals surface area contributed by atoms with Crippen molar-refractivity contribution in [2.75, 3.05) is 0 Å². The van der Waals surface area contributed by atoms with Crippen LogP contribution in [0.5, 0.6) is 5.75 Å². The zero-order valence-corrected chi connectivity index (χ0v) is 11.0. The predicted molar refractivity (Wildman–Crippen MR) is 69.8 cm³/mol. The van der Waals surface area contributed by atoms with Gasteiger partial charge in [-0.3, -0.25) is 14.4 Å². The van der Waals surface area contributed by atoms with E-state index in [2.05, 4.69) is 0 Å². The number of aromatic hydroxyl groups is 1. The van der Waals surface area contributed by atoms with Crippen molar-refractivity contribution in [1.82, 2.24) is 0 Å². The molecule has 0 fully saturated rings. The number of cyclic esters (lactones) is 1. The van der Waals surface area contributed by atoms with E-state index in [4.69, 9.17) is 4.74 Å². The Balaban J connectivity index is 2.02. The maximum Gasteiger partial charge on any atom is 0.329 e. The summed E-state index contributed by atoms with van der Waals surface area (Å²) in [5, 5.41) is 9.32. The molecule has 0 saturated heterocycles. The number of rotatable bonds is 4. The van der Waals surface area contributed by atoms with Crippen molar-refractivity contribution in [3.05, 3.63) is 41.7 Å². The molecule has 0 spiro atoms. The highest BCUT2D eigenvalue weighted by Gasteiger charge is 2.36. The summed E-state index contributed by atoms with van der Waals surface area (Å²) in [4.78, 5) is 35.2. The number of phenols is 1. The Labute approximate surface area is 115 Å². The summed E-state index contributed by atoms with van der Waals surface area (Å²) >= 11 is 0. The van der Waals surface area contributed by atoms with Gasteiger partial charge in [-0.25, -0.2) is 0 Å². The average molecular weight is 274 g/mol. The largest absolute Gasteiger partial charge is 0.508 e. The summed E-state index contributed by atoms with van der Waals surface area (Å²) in [5.74, 6) is -2.84. The average Bonchev–Trinajstić information content (AvgIpc) is 2.35. The quantitative estimate of drug-likeness (QED) is 0.665. The topological polar surface area (TPSA) is 80.7 Å². The van der Waals surface area contributed by atoms with Gasteiger partial charge in [-0.1, -0.05) is 12.1 Å². The standard InChI is InChI=1S/C15H14O5/c1-9-7-13(18)14(15(19)20-9)12(17)6-5-10-3-2-4-11(16)8-10/h2-4,7-8,14,16H,5-6H2,1H3. The van der Waals surface area contributed by atoms with Crippen molar-refractivity contribution in [3.63, 3.8) is 0 Å². The van der Waals surface area contributed by atoms with Crippen LogP contribution in [0.25, 0.3) is 0 Å². The highest BCUT2D eigenvalue weighted by atomic mass is 16.5. The fourth-order valence-electron chi connectivity index (χ4n) is 2.06. The van der Waals surface area contributed by atoms with Gasteiger partial charge in [0.25, 0.3) is 0 Å².